The van der Waals surface area contributed by atoms with Gasteiger partial charge >= 0.3 is 18.0 Å². The van der Waals surface area contributed by atoms with Gasteiger partial charge in [-0.25, -0.2) is 12.8 Å². The topological polar surface area (TPSA) is 84.0 Å². The fourth-order valence-corrected chi connectivity index (χ4v) is 8.65. The van der Waals surface area contributed by atoms with Crippen molar-refractivity contribution < 1.29 is 53.5 Å². The number of likely N-dealkylation sites (tertiary alicyclic amines) is 2. The smallest absolute Gasteiger partial charge is 0.442 e. The number of alkyl halides is 6. The minimum absolute atomic E-state index is 0.0838. The molecule has 264 valence electrons. The van der Waals surface area contributed by atoms with Crippen LogP contribution in [0.15, 0.2) is 77.7 Å². The first kappa shape index (κ1) is 36.1. The Hall–Kier alpha value is -4.14. The third-order valence-electron chi connectivity index (χ3n) is 9.38. The van der Waals surface area contributed by atoms with E-state index in [9.17, 15) is 48.7 Å². The van der Waals surface area contributed by atoms with Crippen molar-refractivity contribution in [1.82, 2.24) is 9.80 Å². The van der Waals surface area contributed by atoms with Gasteiger partial charge in [0.05, 0.1) is 4.90 Å². The summed E-state index contributed by atoms with van der Waals surface area (Å²) < 4.78 is 133. The van der Waals surface area contributed by atoms with Crippen molar-refractivity contribution in [3.8, 4) is 5.75 Å². The lowest BCUT2D eigenvalue weighted by molar-refractivity contribution is -0.365. The summed E-state index contributed by atoms with van der Waals surface area (Å²) in [6.45, 7) is 3.11. The Labute approximate surface area is 278 Å². The molecule has 0 bridgehead atoms. The van der Waals surface area contributed by atoms with Crippen molar-refractivity contribution in [2.45, 2.75) is 60.7 Å². The zero-order valence-electron chi connectivity index (χ0n) is 26.4. The number of nitrogens with zero attached hydrogens (tertiary/aromatic N) is 2. The predicted molar refractivity (Wildman–Crippen MR) is 163 cm³/mol. The number of benzene rings is 3. The second-order valence-corrected chi connectivity index (χ2v) is 14.7. The Bertz CT molecular complexity index is 1770. The Morgan fingerprint density at radius 3 is 1.86 bits per heavy atom. The van der Waals surface area contributed by atoms with Gasteiger partial charge in [-0.1, -0.05) is 42.0 Å². The highest BCUT2D eigenvalue weighted by molar-refractivity contribution is 7.92. The van der Waals surface area contributed by atoms with Crippen LogP contribution in [0.25, 0.3) is 0 Å². The third-order valence-corrected chi connectivity index (χ3v) is 11.9. The van der Waals surface area contributed by atoms with Crippen molar-refractivity contribution in [1.29, 1.82) is 0 Å². The quantitative estimate of drug-likeness (QED) is 0.201. The molecule has 0 N–H and O–H groups in total. The van der Waals surface area contributed by atoms with E-state index in [1.165, 1.54) is 24.0 Å². The largest absolute Gasteiger partial charge is 0.464 e. The predicted octanol–water partition coefficient (Wildman–Crippen LogP) is 6.69. The summed E-state index contributed by atoms with van der Waals surface area (Å²) in [5, 5.41) is 0. The average molecular weight is 715 g/mol. The van der Waals surface area contributed by atoms with Crippen LogP contribution in [0, 0.1) is 18.7 Å². The number of halogens is 7. The Balaban J connectivity index is 1.57. The van der Waals surface area contributed by atoms with E-state index in [2.05, 4.69) is 0 Å². The number of piperidine rings is 1. The highest BCUT2D eigenvalue weighted by Crippen LogP contribution is 2.54. The number of amides is 2. The van der Waals surface area contributed by atoms with Gasteiger partial charge < -0.3 is 14.5 Å². The van der Waals surface area contributed by atoms with Gasteiger partial charge in [0.2, 0.25) is 11.8 Å². The Morgan fingerprint density at radius 2 is 1.35 bits per heavy atom. The van der Waals surface area contributed by atoms with E-state index in [1.54, 1.807) is 11.8 Å². The molecular weight excluding hydrogens is 681 g/mol. The van der Waals surface area contributed by atoms with E-state index in [1.807, 2.05) is 0 Å². The molecule has 0 aromatic heterocycles. The first-order valence-corrected chi connectivity index (χ1v) is 16.9. The van der Waals surface area contributed by atoms with Gasteiger partial charge in [-0.2, -0.15) is 26.3 Å². The molecule has 7 nitrogen and oxygen atoms in total. The van der Waals surface area contributed by atoms with Crippen molar-refractivity contribution in [2.75, 3.05) is 26.2 Å². The van der Waals surface area contributed by atoms with Crippen molar-refractivity contribution in [3.63, 3.8) is 0 Å². The molecule has 2 aliphatic rings. The Kier molecular flexibility index (Phi) is 9.56. The summed E-state index contributed by atoms with van der Waals surface area (Å²) in [6, 6.07) is 11.2. The highest BCUT2D eigenvalue weighted by Gasteiger charge is 2.75. The van der Waals surface area contributed by atoms with E-state index in [4.69, 9.17) is 4.74 Å². The minimum Gasteiger partial charge on any atom is -0.464 e. The molecule has 49 heavy (non-hydrogen) atoms. The maximum atomic E-state index is 14.6. The normalized spacial score (nSPS) is 19.6. The first-order valence-electron chi connectivity index (χ1n) is 15.4. The van der Waals surface area contributed by atoms with Crippen molar-refractivity contribution in [3.05, 3.63) is 95.3 Å². The van der Waals surface area contributed by atoms with Gasteiger partial charge in [0, 0.05) is 44.6 Å². The molecule has 2 amide bonds. The summed E-state index contributed by atoms with van der Waals surface area (Å²) in [5.41, 5.74) is -5.74. The van der Waals surface area contributed by atoms with Gasteiger partial charge in [0.15, 0.2) is 9.84 Å². The Morgan fingerprint density at radius 1 is 0.796 bits per heavy atom. The number of carbonyl (C=O) groups is 2. The number of hydrogen-bond acceptors (Lipinski definition) is 5. The zero-order valence-corrected chi connectivity index (χ0v) is 27.3. The molecule has 15 heteroatoms. The van der Waals surface area contributed by atoms with Crippen LogP contribution >= 0.6 is 0 Å². The lowest BCUT2D eigenvalue weighted by Crippen LogP contribution is -2.58. The molecule has 3 aromatic carbocycles. The molecule has 0 unspecified atom stereocenters. The molecular formula is C34H33F7N2O5S. The van der Waals surface area contributed by atoms with E-state index < -0.39 is 62.1 Å². The molecule has 3 aromatic rings. The van der Waals surface area contributed by atoms with Crippen LogP contribution in [0.1, 0.15) is 42.9 Å². The molecule has 0 saturated carbocycles. The van der Waals surface area contributed by atoms with Gasteiger partial charge in [0.25, 0.3) is 0 Å². The summed E-state index contributed by atoms with van der Waals surface area (Å²) in [6.07, 6.45) is -11.6. The van der Waals surface area contributed by atoms with Crippen LogP contribution in [0.2, 0.25) is 0 Å². The van der Waals surface area contributed by atoms with E-state index in [0.717, 1.165) is 48.5 Å². The van der Waals surface area contributed by atoms with E-state index in [0.29, 0.717) is 43.6 Å². The fourth-order valence-electron chi connectivity index (χ4n) is 6.57. The minimum atomic E-state index is -6.01. The summed E-state index contributed by atoms with van der Waals surface area (Å²) in [7, 11) is -4.53. The number of hydrogen-bond donors (Lipinski definition) is 0. The molecule has 2 heterocycles. The molecule has 0 spiro atoms. The standard InChI is InChI=1S/C34H33F7N2O5S/c1-22-3-11-28(12-4-22)48-32(33(36,37)38,34(39,40)41)26-7-5-25(6-8-26)31(49(46,47)29-13-9-27(35)10-14-29)17-20-43(21-31)30(45)24-15-18-42(19-16-24)23(2)44/h3-14,24H,15-21H2,1-2H3/t31-/m0/s1. The summed E-state index contributed by atoms with van der Waals surface area (Å²) >= 11 is 0. The molecule has 2 aliphatic heterocycles. The SMILES string of the molecule is CC(=O)N1CCC(C(=O)N2CC[C@](c3ccc(C(Oc4ccc(C)cc4)(C(F)(F)F)C(F)(F)F)cc3)(S(=O)(=O)c3ccc(F)cc3)C2)CC1. The van der Waals surface area contributed by atoms with Crippen LogP contribution in [0.5, 0.6) is 5.75 Å². The van der Waals surface area contributed by atoms with Crippen molar-refractivity contribution in [2.24, 2.45) is 5.92 Å². The van der Waals surface area contributed by atoms with Crippen LogP contribution < -0.4 is 4.74 Å². The second kappa shape index (κ2) is 13.0. The van der Waals surface area contributed by atoms with Gasteiger partial charge in [0.1, 0.15) is 16.3 Å². The van der Waals surface area contributed by atoms with Gasteiger partial charge in [-0.3, -0.25) is 9.59 Å². The average Bonchev–Trinajstić information content (AvgIpc) is 3.51. The lowest BCUT2D eigenvalue weighted by Gasteiger charge is -2.38. The molecule has 5 rings (SSSR count). The fraction of sp³-hybridized carbons (Fsp3) is 0.412. The van der Waals surface area contributed by atoms with Crippen LogP contribution in [-0.4, -0.2) is 68.6 Å². The van der Waals surface area contributed by atoms with Gasteiger partial charge in [-0.15, -0.1) is 0 Å². The summed E-state index contributed by atoms with van der Waals surface area (Å²) in [4.78, 5) is 27.9. The molecule has 0 aliphatic carbocycles. The van der Waals surface area contributed by atoms with Crippen LogP contribution in [-0.2, 0) is 29.8 Å². The second-order valence-electron chi connectivity index (χ2n) is 12.4. The lowest BCUT2D eigenvalue weighted by atomic mass is 9.88. The van der Waals surface area contributed by atoms with Gasteiger partial charge in [-0.05, 0) is 68.1 Å². The molecule has 2 fully saturated rings. The molecule has 0 radical (unpaired) electrons. The monoisotopic (exact) mass is 714 g/mol. The number of rotatable bonds is 7. The maximum Gasteiger partial charge on any atom is 0.442 e. The van der Waals surface area contributed by atoms with Crippen LogP contribution in [0.4, 0.5) is 30.7 Å². The van der Waals surface area contributed by atoms with E-state index >= 15 is 0 Å². The maximum absolute atomic E-state index is 14.6. The number of sulfone groups is 1. The highest BCUT2D eigenvalue weighted by atomic mass is 32.2. The van der Waals surface area contributed by atoms with E-state index in [-0.39, 0.29) is 35.2 Å². The molecule has 1 atom stereocenters. The number of ether oxygens (including phenoxy) is 1. The molecule has 2 saturated heterocycles. The summed E-state index contributed by atoms with van der Waals surface area (Å²) in [5.74, 6) is -2.49. The van der Waals surface area contributed by atoms with Crippen LogP contribution in [0.3, 0.4) is 0 Å². The number of aryl methyl sites for hydroxylation is 1. The number of carbonyl (C=O) groups excluding carboxylic acids is 2. The van der Waals surface area contributed by atoms with Crippen molar-refractivity contribution >= 4 is 21.7 Å². The zero-order chi connectivity index (χ0) is 36.0. The third kappa shape index (κ3) is 6.49. The first-order chi connectivity index (χ1) is 22.8.